The summed E-state index contributed by atoms with van der Waals surface area (Å²) >= 11 is 0. The number of carboxylic acid groups (broad SMARTS) is 4. The summed E-state index contributed by atoms with van der Waals surface area (Å²) in [7, 11) is 0. The summed E-state index contributed by atoms with van der Waals surface area (Å²) in [6.07, 6.45) is -7.08. The molecule has 0 heterocycles. The van der Waals surface area contributed by atoms with Crippen molar-refractivity contribution in [3.63, 3.8) is 0 Å². The fraction of sp³-hybridized carbons (Fsp3) is 0.500. The third kappa shape index (κ3) is 15.7. The zero-order valence-corrected chi connectivity index (χ0v) is 11.3. The van der Waals surface area contributed by atoms with Gasteiger partial charge < -0.3 is 54.2 Å². The van der Waals surface area contributed by atoms with Crippen molar-refractivity contribution >= 4 is 23.9 Å². The third-order valence-corrected chi connectivity index (χ3v) is 1.46. The van der Waals surface area contributed by atoms with Gasteiger partial charge in [0.15, 0.2) is 18.3 Å². The van der Waals surface area contributed by atoms with Crippen LogP contribution in [0.15, 0.2) is 0 Å². The number of aliphatic hydroxyl groups is 3. The van der Waals surface area contributed by atoms with E-state index in [4.69, 9.17) is 35.7 Å². The number of aliphatic carboxylic acids is 4. The van der Waals surface area contributed by atoms with E-state index < -0.39 is 48.6 Å². The molecule has 14 heteroatoms. The van der Waals surface area contributed by atoms with E-state index in [1.807, 2.05) is 0 Å². The molecule has 0 fully saturated rings. The second-order valence-electron chi connectivity index (χ2n) is 3.02. The molecule has 22 heavy (non-hydrogen) atoms. The Morgan fingerprint density at radius 1 is 0.636 bits per heavy atom. The van der Waals surface area contributed by atoms with Crippen LogP contribution in [0.1, 0.15) is 6.42 Å². The highest BCUT2D eigenvalue weighted by molar-refractivity contribution is 5.83. The summed E-state index contributed by atoms with van der Waals surface area (Å²) in [5.41, 5.74) is 0. The van der Waals surface area contributed by atoms with Gasteiger partial charge in [0.05, 0.1) is 6.42 Å². The summed E-state index contributed by atoms with van der Waals surface area (Å²) in [5.74, 6) is -6.38. The van der Waals surface area contributed by atoms with E-state index in [1.54, 1.807) is 0 Å². The molecule has 14 nitrogen and oxygen atoms in total. The van der Waals surface area contributed by atoms with E-state index in [2.05, 4.69) is 0 Å². The van der Waals surface area contributed by atoms with Crippen LogP contribution >= 0.6 is 0 Å². The van der Waals surface area contributed by atoms with Crippen molar-refractivity contribution < 1.29 is 54.9 Å². The van der Waals surface area contributed by atoms with Gasteiger partial charge >= 0.3 is 23.9 Å². The number of carbonyl (C=O) groups is 4. The summed E-state index contributed by atoms with van der Waals surface area (Å²) in [5, 5.41) is 56.7. The van der Waals surface area contributed by atoms with E-state index in [0.29, 0.717) is 0 Å². The minimum atomic E-state index is -2.27. The first-order valence-electron chi connectivity index (χ1n) is 4.45. The lowest BCUT2D eigenvalue weighted by Crippen LogP contribution is -2.39. The van der Waals surface area contributed by atoms with E-state index in [1.165, 1.54) is 0 Å². The van der Waals surface area contributed by atoms with Crippen molar-refractivity contribution in [3.05, 3.63) is 0 Å². The van der Waals surface area contributed by atoms with Gasteiger partial charge in [0.25, 0.3) is 0 Å². The molecule has 0 radical (unpaired) electrons. The maximum absolute atomic E-state index is 9.77. The molecule has 0 saturated carbocycles. The fourth-order valence-electron chi connectivity index (χ4n) is 0.523. The van der Waals surface area contributed by atoms with Crippen LogP contribution in [-0.2, 0) is 19.2 Å². The van der Waals surface area contributed by atoms with Crippen LogP contribution in [0.3, 0.4) is 0 Å². The van der Waals surface area contributed by atoms with Crippen molar-refractivity contribution in [2.24, 2.45) is 0 Å². The predicted molar refractivity (Wildman–Crippen MR) is 68.2 cm³/mol. The summed E-state index contributed by atoms with van der Waals surface area (Å²) < 4.78 is 0. The quantitative estimate of drug-likeness (QED) is 0.235. The zero-order valence-electron chi connectivity index (χ0n) is 11.3. The average Bonchev–Trinajstić information content (AvgIpc) is 2.26. The van der Waals surface area contributed by atoms with Crippen molar-refractivity contribution in [1.82, 2.24) is 18.5 Å². The molecule has 134 valence electrons. The Kier molecular flexibility index (Phi) is 21.8. The first-order chi connectivity index (χ1) is 8.50. The Balaban J connectivity index is -0.0000000774. The highest BCUT2D eigenvalue weighted by atomic mass is 16.4. The molecule has 0 saturated heterocycles. The van der Waals surface area contributed by atoms with Crippen LogP contribution in [0.25, 0.3) is 0 Å². The van der Waals surface area contributed by atoms with Gasteiger partial charge in [-0.25, -0.2) is 14.4 Å². The van der Waals surface area contributed by atoms with Crippen LogP contribution in [0, 0.1) is 0 Å². The van der Waals surface area contributed by atoms with Crippen LogP contribution in [0.2, 0.25) is 0 Å². The van der Waals surface area contributed by atoms with Crippen molar-refractivity contribution in [1.29, 1.82) is 0 Å². The normalized spacial score (nSPS) is 12.3. The molecular formula is C8H21N3O11. The molecule has 0 aromatic carbocycles. The minimum Gasteiger partial charge on any atom is -0.481 e. The molecule has 3 unspecified atom stereocenters. The molecular weight excluding hydrogens is 314 g/mol. The molecule has 0 aliphatic carbocycles. The van der Waals surface area contributed by atoms with Gasteiger partial charge in [-0.2, -0.15) is 0 Å². The lowest BCUT2D eigenvalue weighted by atomic mass is 10.2. The molecule has 0 aliphatic heterocycles. The Hall–Kier alpha value is -2.36. The lowest BCUT2D eigenvalue weighted by molar-refractivity contribution is -0.165. The van der Waals surface area contributed by atoms with Crippen LogP contribution < -0.4 is 18.5 Å². The molecule has 0 rings (SSSR count). The van der Waals surface area contributed by atoms with Gasteiger partial charge in [0, 0.05) is 0 Å². The maximum atomic E-state index is 9.77. The number of carboxylic acids is 4. The number of hydrogen-bond acceptors (Lipinski definition) is 10. The Bertz CT molecular complexity index is 343. The van der Waals surface area contributed by atoms with E-state index in [-0.39, 0.29) is 18.5 Å². The third-order valence-electron chi connectivity index (χ3n) is 1.46. The van der Waals surface area contributed by atoms with Crippen molar-refractivity contribution in [2.75, 3.05) is 0 Å². The molecule has 0 spiro atoms. The maximum Gasteiger partial charge on any atom is 0.335 e. The van der Waals surface area contributed by atoms with Gasteiger partial charge in [-0.3, -0.25) is 4.79 Å². The van der Waals surface area contributed by atoms with Gasteiger partial charge in [-0.15, -0.1) is 0 Å². The number of hydrogen-bond donors (Lipinski definition) is 10. The number of rotatable bonds is 6. The molecule has 0 amide bonds. The van der Waals surface area contributed by atoms with E-state index >= 15 is 0 Å². The Morgan fingerprint density at radius 3 is 1.00 bits per heavy atom. The highest BCUT2D eigenvalue weighted by Crippen LogP contribution is 1.92. The first-order valence-corrected chi connectivity index (χ1v) is 4.45. The zero-order chi connectivity index (χ0) is 15.7. The molecule has 0 aliphatic rings. The summed E-state index contributed by atoms with van der Waals surface area (Å²) in [6.45, 7) is 0. The largest absolute Gasteiger partial charge is 0.481 e. The van der Waals surface area contributed by atoms with Crippen molar-refractivity contribution in [2.45, 2.75) is 24.7 Å². The van der Waals surface area contributed by atoms with Gasteiger partial charge in [-0.1, -0.05) is 0 Å². The van der Waals surface area contributed by atoms with Crippen LogP contribution in [-0.4, -0.2) is 77.9 Å². The van der Waals surface area contributed by atoms with Gasteiger partial charge in [0.2, 0.25) is 0 Å². The molecule has 3 atom stereocenters. The molecule has 0 aromatic rings. The Morgan fingerprint density at radius 2 is 0.909 bits per heavy atom. The standard InChI is InChI=1S/C4H6O6.C4H6O5.3H3N/c5-1(3(7)8)2(6)4(9)10;5-2(4(8)9)1-3(6)7;;;/h1-2,5-6H,(H,7,8)(H,9,10);2,5H,1H2,(H,6,7)(H,8,9);3*1H3. The molecule has 16 N–H and O–H groups in total. The van der Waals surface area contributed by atoms with Crippen LogP contribution in [0.5, 0.6) is 0 Å². The minimum absolute atomic E-state index is 0. The van der Waals surface area contributed by atoms with E-state index in [0.717, 1.165) is 0 Å². The average molecular weight is 335 g/mol. The number of aliphatic hydroxyl groups excluding tert-OH is 3. The summed E-state index contributed by atoms with van der Waals surface area (Å²) in [4.78, 5) is 39.0. The van der Waals surface area contributed by atoms with Gasteiger partial charge in [-0.05, 0) is 0 Å². The SMILES string of the molecule is N.N.N.O=C(O)C(O)C(O)C(=O)O.O=C(O)CC(O)C(=O)O. The second kappa shape index (κ2) is 15.0. The van der Waals surface area contributed by atoms with Crippen LogP contribution in [0.4, 0.5) is 0 Å². The fourth-order valence-corrected chi connectivity index (χ4v) is 0.523. The summed E-state index contributed by atoms with van der Waals surface area (Å²) in [6, 6.07) is 0. The van der Waals surface area contributed by atoms with Crippen molar-refractivity contribution in [3.8, 4) is 0 Å². The van der Waals surface area contributed by atoms with E-state index in [9.17, 15) is 19.2 Å². The first kappa shape index (κ1) is 31.8. The lowest BCUT2D eigenvalue weighted by Gasteiger charge is -2.07. The van der Waals surface area contributed by atoms with Gasteiger partial charge in [0.1, 0.15) is 0 Å². The Labute approximate surface area is 123 Å². The monoisotopic (exact) mass is 335 g/mol. The smallest absolute Gasteiger partial charge is 0.335 e. The molecule has 0 aromatic heterocycles. The topological polar surface area (TPSA) is 315 Å². The predicted octanol–water partition coefficient (Wildman–Crippen LogP) is -2.73. The molecule has 0 bridgehead atoms. The second-order valence-corrected chi connectivity index (χ2v) is 3.02. The highest BCUT2D eigenvalue weighted by Gasteiger charge is 2.29.